The first-order valence-electron chi connectivity index (χ1n) is 7.32. The highest BCUT2D eigenvalue weighted by atomic mass is 79.9. The van der Waals surface area contributed by atoms with Gasteiger partial charge in [-0.05, 0) is 36.6 Å². The molecule has 2 aromatic carbocycles. The summed E-state index contributed by atoms with van der Waals surface area (Å²) in [6.45, 7) is 0. The van der Waals surface area contributed by atoms with Crippen molar-refractivity contribution in [2.45, 2.75) is 37.2 Å². The SMILES string of the molecule is OC(c1cc(Br)ccc1F)C1(c2ccccc2)CCCC1. The molecule has 0 bridgehead atoms. The molecule has 0 radical (unpaired) electrons. The summed E-state index contributed by atoms with van der Waals surface area (Å²) in [4.78, 5) is 0. The molecule has 1 aliphatic carbocycles. The van der Waals surface area contributed by atoms with Gasteiger partial charge in [0.05, 0.1) is 6.10 Å². The number of halogens is 2. The van der Waals surface area contributed by atoms with Gasteiger partial charge in [0.1, 0.15) is 5.82 Å². The summed E-state index contributed by atoms with van der Waals surface area (Å²) in [5, 5.41) is 11.0. The normalized spacial score (nSPS) is 18.6. The Labute approximate surface area is 132 Å². The molecule has 0 amide bonds. The summed E-state index contributed by atoms with van der Waals surface area (Å²) >= 11 is 3.37. The van der Waals surface area contributed by atoms with Crippen molar-refractivity contribution < 1.29 is 9.50 Å². The van der Waals surface area contributed by atoms with Gasteiger partial charge in [-0.1, -0.05) is 59.1 Å². The Balaban J connectivity index is 2.07. The summed E-state index contributed by atoms with van der Waals surface area (Å²) in [6, 6.07) is 14.8. The summed E-state index contributed by atoms with van der Waals surface area (Å²) in [5.74, 6) is -0.340. The molecule has 21 heavy (non-hydrogen) atoms. The Morgan fingerprint density at radius 2 is 1.71 bits per heavy atom. The number of rotatable bonds is 3. The maximum Gasteiger partial charge on any atom is 0.129 e. The van der Waals surface area contributed by atoms with Crippen LogP contribution < -0.4 is 0 Å². The molecule has 1 N–H and O–H groups in total. The molecule has 1 fully saturated rings. The molecular formula is C18H18BrFO. The van der Waals surface area contributed by atoms with Gasteiger partial charge in [-0.25, -0.2) is 4.39 Å². The molecule has 3 heteroatoms. The minimum Gasteiger partial charge on any atom is -0.387 e. The molecular weight excluding hydrogens is 331 g/mol. The van der Waals surface area contributed by atoms with Crippen molar-refractivity contribution in [1.29, 1.82) is 0 Å². The Morgan fingerprint density at radius 3 is 2.38 bits per heavy atom. The number of aliphatic hydroxyl groups is 1. The molecule has 110 valence electrons. The largest absolute Gasteiger partial charge is 0.387 e. The predicted octanol–water partition coefficient (Wildman–Crippen LogP) is 5.13. The zero-order chi connectivity index (χ0) is 14.9. The minimum absolute atomic E-state index is 0.340. The van der Waals surface area contributed by atoms with Crippen LogP contribution in [0.5, 0.6) is 0 Å². The van der Waals surface area contributed by atoms with Gasteiger partial charge in [0.25, 0.3) is 0 Å². The van der Waals surface area contributed by atoms with Crippen molar-refractivity contribution >= 4 is 15.9 Å². The van der Waals surface area contributed by atoms with Gasteiger partial charge in [-0.2, -0.15) is 0 Å². The molecule has 0 heterocycles. The van der Waals surface area contributed by atoms with E-state index in [1.54, 1.807) is 12.1 Å². The fourth-order valence-electron chi connectivity index (χ4n) is 3.52. The van der Waals surface area contributed by atoms with E-state index in [1.165, 1.54) is 6.07 Å². The smallest absolute Gasteiger partial charge is 0.129 e. The van der Waals surface area contributed by atoms with Crippen LogP contribution in [-0.2, 0) is 5.41 Å². The summed E-state index contributed by atoms with van der Waals surface area (Å²) in [5.41, 5.74) is 1.12. The van der Waals surface area contributed by atoms with Crippen molar-refractivity contribution in [3.63, 3.8) is 0 Å². The third-order valence-corrected chi connectivity index (χ3v) is 5.11. The molecule has 3 rings (SSSR count). The first kappa shape index (κ1) is 14.7. The van der Waals surface area contributed by atoms with Crippen LogP contribution in [0.4, 0.5) is 4.39 Å². The lowest BCUT2D eigenvalue weighted by molar-refractivity contribution is 0.0788. The molecule has 1 aliphatic rings. The zero-order valence-corrected chi connectivity index (χ0v) is 13.3. The van der Waals surface area contributed by atoms with Crippen LogP contribution in [0.25, 0.3) is 0 Å². The zero-order valence-electron chi connectivity index (χ0n) is 11.7. The first-order chi connectivity index (χ1) is 10.1. The second kappa shape index (κ2) is 5.90. The fraction of sp³-hybridized carbons (Fsp3) is 0.333. The van der Waals surface area contributed by atoms with Crippen LogP contribution in [-0.4, -0.2) is 5.11 Å². The predicted molar refractivity (Wildman–Crippen MR) is 85.6 cm³/mol. The lowest BCUT2D eigenvalue weighted by Gasteiger charge is -2.35. The lowest BCUT2D eigenvalue weighted by atomic mass is 9.72. The van der Waals surface area contributed by atoms with Gasteiger partial charge in [0, 0.05) is 15.5 Å². The van der Waals surface area contributed by atoms with Crippen molar-refractivity contribution in [2.24, 2.45) is 0 Å². The third-order valence-electron chi connectivity index (χ3n) is 4.62. The summed E-state index contributed by atoms with van der Waals surface area (Å²) < 4.78 is 15.0. The van der Waals surface area contributed by atoms with Gasteiger partial charge < -0.3 is 5.11 Å². The molecule has 1 atom stereocenters. The van der Waals surface area contributed by atoms with Crippen LogP contribution in [0, 0.1) is 5.82 Å². The van der Waals surface area contributed by atoms with E-state index in [0.717, 1.165) is 35.7 Å². The molecule has 1 saturated carbocycles. The first-order valence-corrected chi connectivity index (χ1v) is 8.11. The minimum atomic E-state index is -0.820. The Kier molecular flexibility index (Phi) is 4.14. The van der Waals surface area contributed by atoms with Crippen molar-refractivity contribution in [2.75, 3.05) is 0 Å². The lowest BCUT2D eigenvalue weighted by Crippen LogP contribution is -2.31. The highest BCUT2D eigenvalue weighted by molar-refractivity contribution is 9.10. The quantitative estimate of drug-likeness (QED) is 0.814. The monoisotopic (exact) mass is 348 g/mol. The van der Waals surface area contributed by atoms with Gasteiger partial charge in [-0.3, -0.25) is 0 Å². The summed E-state index contributed by atoms with van der Waals surface area (Å²) in [6.07, 6.45) is 3.11. The molecule has 1 unspecified atom stereocenters. The topological polar surface area (TPSA) is 20.2 Å². The van der Waals surface area contributed by atoms with Crippen LogP contribution in [0.3, 0.4) is 0 Å². The highest BCUT2D eigenvalue weighted by Gasteiger charge is 2.43. The van der Waals surface area contributed by atoms with Crippen LogP contribution in [0.1, 0.15) is 42.9 Å². The van der Waals surface area contributed by atoms with E-state index in [-0.39, 0.29) is 11.2 Å². The maximum absolute atomic E-state index is 14.2. The molecule has 2 aromatic rings. The highest BCUT2D eigenvalue weighted by Crippen LogP contribution is 2.50. The van der Waals surface area contributed by atoms with Gasteiger partial charge in [-0.15, -0.1) is 0 Å². The maximum atomic E-state index is 14.2. The standard InChI is InChI=1S/C18H18BrFO/c19-14-8-9-16(20)15(12-14)17(21)18(10-4-5-11-18)13-6-2-1-3-7-13/h1-3,6-9,12,17,21H,4-5,10-11H2. The molecule has 0 saturated heterocycles. The van der Waals surface area contributed by atoms with E-state index >= 15 is 0 Å². The van der Waals surface area contributed by atoms with E-state index in [4.69, 9.17) is 0 Å². The van der Waals surface area contributed by atoms with Gasteiger partial charge >= 0.3 is 0 Å². The Morgan fingerprint density at radius 1 is 1.05 bits per heavy atom. The van der Waals surface area contributed by atoms with Crippen LogP contribution >= 0.6 is 15.9 Å². The summed E-state index contributed by atoms with van der Waals surface area (Å²) in [7, 11) is 0. The van der Waals surface area contributed by atoms with Gasteiger partial charge in [0.15, 0.2) is 0 Å². The van der Waals surface area contributed by atoms with E-state index in [2.05, 4.69) is 15.9 Å². The van der Waals surface area contributed by atoms with Crippen LogP contribution in [0.2, 0.25) is 0 Å². The van der Waals surface area contributed by atoms with Crippen LogP contribution in [0.15, 0.2) is 53.0 Å². The molecule has 0 aromatic heterocycles. The van der Waals surface area contributed by atoms with E-state index in [0.29, 0.717) is 5.56 Å². The number of aliphatic hydroxyl groups excluding tert-OH is 1. The van der Waals surface area contributed by atoms with E-state index in [1.807, 2.05) is 30.3 Å². The third kappa shape index (κ3) is 2.65. The molecule has 0 spiro atoms. The number of hydrogen-bond donors (Lipinski definition) is 1. The van der Waals surface area contributed by atoms with Gasteiger partial charge in [0.2, 0.25) is 0 Å². The Hall–Kier alpha value is -1.19. The number of benzene rings is 2. The second-order valence-electron chi connectivity index (χ2n) is 5.80. The van der Waals surface area contributed by atoms with Crippen molar-refractivity contribution in [1.82, 2.24) is 0 Å². The van der Waals surface area contributed by atoms with E-state index < -0.39 is 6.10 Å². The number of hydrogen-bond acceptors (Lipinski definition) is 1. The molecule has 0 aliphatic heterocycles. The van der Waals surface area contributed by atoms with Crippen molar-refractivity contribution in [3.8, 4) is 0 Å². The molecule has 1 nitrogen and oxygen atoms in total. The average molecular weight is 349 g/mol. The van der Waals surface area contributed by atoms with E-state index in [9.17, 15) is 9.50 Å². The average Bonchev–Trinajstić information content (AvgIpc) is 3.01. The fourth-order valence-corrected chi connectivity index (χ4v) is 3.90. The Bertz CT molecular complexity index is 620. The second-order valence-corrected chi connectivity index (χ2v) is 6.71. The van der Waals surface area contributed by atoms with Crippen molar-refractivity contribution in [3.05, 3.63) is 69.9 Å².